The van der Waals surface area contributed by atoms with E-state index in [9.17, 15) is 0 Å². The molecule has 1 unspecified atom stereocenters. The van der Waals surface area contributed by atoms with Crippen molar-refractivity contribution in [2.45, 2.75) is 32.2 Å². The second kappa shape index (κ2) is 3.11. The molecule has 1 aliphatic carbocycles. The average Bonchev–Trinajstić information content (AvgIpc) is 2.58. The molecule has 1 aliphatic rings. The highest BCUT2D eigenvalue weighted by Crippen LogP contribution is 2.29. The van der Waals surface area contributed by atoms with Gasteiger partial charge in [0, 0.05) is 22.6 Å². The van der Waals surface area contributed by atoms with Crippen LogP contribution in [-0.2, 0) is 12.8 Å². The van der Waals surface area contributed by atoms with Gasteiger partial charge >= 0.3 is 0 Å². The number of aromatic nitrogens is 1. The molecule has 15 heavy (non-hydrogen) atoms. The molecule has 0 fully saturated rings. The van der Waals surface area contributed by atoms with Crippen LogP contribution in [0.3, 0.4) is 0 Å². The summed E-state index contributed by atoms with van der Waals surface area (Å²) in [6.45, 7) is 2.16. The normalized spacial score (nSPS) is 20.5. The van der Waals surface area contributed by atoms with Crippen LogP contribution in [0.25, 0.3) is 10.9 Å². The lowest BCUT2D eigenvalue weighted by atomic mass is 9.92. The minimum Gasteiger partial charge on any atom is -0.358 e. The Hall–Kier alpha value is -1.28. The fourth-order valence-corrected chi connectivity index (χ4v) is 2.61. The Morgan fingerprint density at radius 3 is 3.13 bits per heavy atom. The van der Waals surface area contributed by atoms with E-state index in [2.05, 4.69) is 30.1 Å². The van der Waals surface area contributed by atoms with E-state index in [1.807, 2.05) is 0 Å². The standard InChI is InChI=1S/C13H16N2/c1-8-3-2-4-10-11-7-9(14)5-6-12(11)15-13(8)10/h2-4,9,15H,5-7,14H2,1H3. The second-order valence-corrected chi connectivity index (χ2v) is 4.58. The number of para-hydroxylation sites is 1. The average molecular weight is 200 g/mol. The van der Waals surface area contributed by atoms with E-state index in [1.54, 1.807) is 0 Å². The van der Waals surface area contributed by atoms with Crippen LogP contribution in [0.2, 0.25) is 0 Å². The molecule has 1 heterocycles. The van der Waals surface area contributed by atoms with Crippen molar-refractivity contribution in [2.75, 3.05) is 0 Å². The first kappa shape index (κ1) is 8.98. The zero-order valence-electron chi connectivity index (χ0n) is 9.01. The number of hydrogen-bond acceptors (Lipinski definition) is 1. The van der Waals surface area contributed by atoms with Gasteiger partial charge in [-0.25, -0.2) is 0 Å². The zero-order chi connectivity index (χ0) is 10.4. The van der Waals surface area contributed by atoms with Gasteiger partial charge < -0.3 is 10.7 Å². The van der Waals surface area contributed by atoms with Crippen LogP contribution in [0.15, 0.2) is 18.2 Å². The molecule has 0 spiro atoms. The molecule has 0 bridgehead atoms. The lowest BCUT2D eigenvalue weighted by Gasteiger charge is -2.17. The summed E-state index contributed by atoms with van der Waals surface area (Å²) in [5, 5.41) is 1.38. The summed E-state index contributed by atoms with van der Waals surface area (Å²) in [7, 11) is 0. The van der Waals surface area contributed by atoms with Crippen LogP contribution in [-0.4, -0.2) is 11.0 Å². The van der Waals surface area contributed by atoms with Crippen LogP contribution in [0, 0.1) is 6.92 Å². The number of fused-ring (bicyclic) bond motifs is 3. The Morgan fingerprint density at radius 1 is 1.40 bits per heavy atom. The van der Waals surface area contributed by atoms with E-state index in [0.29, 0.717) is 6.04 Å². The van der Waals surface area contributed by atoms with Crippen LogP contribution < -0.4 is 5.73 Å². The van der Waals surface area contributed by atoms with Crippen molar-refractivity contribution in [2.24, 2.45) is 5.73 Å². The maximum Gasteiger partial charge on any atom is 0.0488 e. The summed E-state index contributed by atoms with van der Waals surface area (Å²) < 4.78 is 0. The van der Waals surface area contributed by atoms with Crippen molar-refractivity contribution in [3.05, 3.63) is 35.0 Å². The SMILES string of the molecule is Cc1cccc2c3c([nH]c12)CCC(N)C3. The molecule has 1 aromatic heterocycles. The highest BCUT2D eigenvalue weighted by atomic mass is 14.7. The van der Waals surface area contributed by atoms with Crippen LogP contribution in [0.4, 0.5) is 0 Å². The number of aromatic amines is 1. The van der Waals surface area contributed by atoms with E-state index in [1.165, 1.54) is 27.7 Å². The van der Waals surface area contributed by atoms with Crippen molar-refractivity contribution < 1.29 is 0 Å². The highest BCUT2D eigenvalue weighted by molar-refractivity contribution is 5.87. The van der Waals surface area contributed by atoms with Crippen LogP contribution in [0.5, 0.6) is 0 Å². The van der Waals surface area contributed by atoms with E-state index >= 15 is 0 Å². The van der Waals surface area contributed by atoms with Crippen molar-refractivity contribution in [1.82, 2.24) is 4.98 Å². The maximum atomic E-state index is 6.02. The smallest absolute Gasteiger partial charge is 0.0488 e. The van der Waals surface area contributed by atoms with Gasteiger partial charge in [-0.1, -0.05) is 18.2 Å². The van der Waals surface area contributed by atoms with Crippen molar-refractivity contribution >= 4 is 10.9 Å². The number of nitrogens with one attached hydrogen (secondary N) is 1. The molecule has 0 aliphatic heterocycles. The summed E-state index contributed by atoms with van der Waals surface area (Å²) in [6.07, 6.45) is 3.24. The number of aryl methyl sites for hydroxylation is 2. The van der Waals surface area contributed by atoms with Gasteiger partial charge in [0.15, 0.2) is 0 Å². The van der Waals surface area contributed by atoms with Crippen molar-refractivity contribution in [3.63, 3.8) is 0 Å². The lowest BCUT2D eigenvalue weighted by Crippen LogP contribution is -2.27. The highest BCUT2D eigenvalue weighted by Gasteiger charge is 2.20. The molecule has 2 aromatic rings. The second-order valence-electron chi connectivity index (χ2n) is 4.58. The van der Waals surface area contributed by atoms with Gasteiger partial charge in [0.1, 0.15) is 0 Å². The summed E-state index contributed by atoms with van der Waals surface area (Å²) in [5.74, 6) is 0. The molecule has 3 N–H and O–H groups in total. The van der Waals surface area contributed by atoms with E-state index in [4.69, 9.17) is 5.73 Å². The molecule has 78 valence electrons. The summed E-state index contributed by atoms with van der Waals surface area (Å²) in [6, 6.07) is 6.84. The molecular formula is C13H16N2. The van der Waals surface area contributed by atoms with E-state index < -0.39 is 0 Å². The van der Waals surface area contributed by atoms with Gasteiger partial charge in [-0.15, -0.1) is 0 Å². The molecule has 1 aromatic carbocycles. The monoisotopic (exact) mass is 200 g/mol. The third kappa shape index (κ3) is 1.29. The van der Waals surface area contributed by atoms with Gasteiger partial charge in [-0.2, -0.15) is 0 Å². The summed E-state index contributed by atoms with van der Waals surface area (Å²) >= 11 is 0. The molecule has 3 rings (SSSR count). The molecule has 1 atom stereocenters. The Bertz CT molecular complexity index is 510. The third-order valence-corrected chi connectivity index (χ3v) is 3.47. The third-order valence-electron chi connectivity index (χ3n) is 3.47. The number of benzene rings is 1. The predicted octanol–water partition coefficient (Wildman–Crippen LogP) is 2.29. The van der Waals surface area contributed by atoms with Crippen LogP contribution in [0.1, 0.15) is 23.2 Å². The number of rotatable bonds is 0. The molecular weight excluding hydrogens is 184 g/mol. The molecule has 0 saturated carbocycles. The molecule has 0 amide bonds. The largest absolute Gasteiger partial charge is 0.358 e. The van der Waals surface area contributed by atoms with Gasteiger partial charge in [-0.05, 0) is 37.3 Å². The molecule has 0 radical (unpaired) electrons. The van der Waals surface area contributed by atoms with Crippen LogP contribution >= 0.6 is 0 Å². The topological polar surface area (TPSA) is 41.8 Å². The number of hydrogen-bond donors (Lipinski definition) is 2. The minimum atomic E-state index is 0.344. The van der Waals surface area contributed by atoms with Crippen molar-refractivity contribution in [1.29, 1.82) is 0 Å². The molecule has 2 nitrogen and oxygen atoms in total. The maximum absolute atomic E-state index is 6.02. The van der Waals surface area contributed by atoms with Gasteiger partial charge in [0.2, 0.25) is 0 Å². The Labute approximate surface area is 89.5 Å². The zero-order valence-corrected chi connectivity index (χ0v) is 9.01. The van der Waals surface area contributed by atoms with E-state index in [-0.39, 0.29) is 0 Å². The summed E-state index contributed by atoms with van der Waals surface area (Å²) in [4.78, 5) is 3.55. The Balaban J connectivity index is 2.29. The summed E-state index contributed by atoms with van der Waals surface area (Å²) in [5.41, 5.74) is 11.5. The first-order valence-electron chi connectivity index (χ1n) is 5.60. The Morgan fingerprint density at radius 2 is 2.27 bits per heavy atom. The first-order chi connectivity index (χ1) is 7.25. The lowest BCUT2D eigenvalue weighted by molar-refractivity contribution is 0.574. The minimum absolute atomic E-state index is 0.344. The number of nitrogens with two attached hydrogens (primary N) is 1. The molecule has 2 heteroatoms. The number of H-pyrrole nitrogens is 1. The van der Waals surface area contributed by atoms with E-state index in [0.717, 1.165) is 19.3 Å². The van der Waals surface area contributed by atoms with Crippen molar-refractivity contribution in [3.8, 4) is 0 Å². The van der Waals surface area contributed by atoms with Gasteiger partial charge in [0.25, 0.3) is 0 Å². The quantitative estimate of drug-likeness (QED) is 0.673. The van der Waals surface area contributed by atoms with Gasteiger partial charge in [0.05, 0.1) is 0 Å². The van der Waals surface area contributed by atoms with Gasteiger partial charge in [-0.3, -0.25) is 0 Å². The predicted molar refractivity (Wildman–Crippen MR) is 63.0 cm³/mol. The molecule has 0 saturated heterocycles. The first-order valence-corrected chi connectivity index (χ1v) is 5.60. The Kier molecular flexibility index (Phi) is 1.86. The fraction of sp³-hybridized carbons (Fsp3) is 0.385. The fourth-order valence-electron chi connectivity index (χ4n) is 2.61.